The van der Waals surface area contributed by atoms with E-state index in [0.717, 1.165) is 25.9 Å². The normalized spacial score (nSPS) is 15.2. The van der Waals surface area contributed by atoms with Crippen LogP contribution >= 0.6 is 0 Å². The van der Waals surface area contributed by atoms with E-state index in [4.69, 9.17) is 4.43 Å². The lowest BCUT2D eigenvalue weighted by Crippen LogP contribution is -2.48. The summed E-state index contributed by atoms with van der Waals surface area (Å²) in [6.45, 7) is 16.9. The van der Waals surface area contributed by atoms with Crippen LogP contribution in [0.25, 0.3) is 0 Å². The van der Waals surface area contributed by atoms with E-state index in [-0.39, 0.29) is 12.0 Å². The predicted octanol–water partition coefficient (Wildman–Crippen LogP) is 6.20. The minimum absolute atomic E-state index is 0.253. The van der Waals surface area contributed by atoms with Gasteiger partial charge in [-0.3, -0.25) is 0 Å². The van der Waals surface area contributed by atoms with Crippen molar-refractivity contribution >= 4 is 8.32 Å². The molecule has 2 nitrogen and oxygen atoms in total. The second-order valence-electron chi connectivity index (χ2n) is 8.54. The Bertz CT molecular complexity index is 448. The van der Waals surface area contributed by atoms with Gasteiger partial charge < -0.3 is 9.53 Å². The van der Waals surface area contributed by atoms with Crippen LogP contribution in [-0.4, -0.2) is 26.1 Å². The summed E-state index contributed by atoms with van der Waals surface area (Å²) in [6.07, 6.45) is 2.46. The Hall–Kier alpha value is -0.643. The highest BCUT2D eigenvalue weighted by molar-refractivity contribution is 6.77. The van der Waals surface area contributed by atoms with Gasteiger partial charge >= 0.3 is 0 Å². The summed E-state index contributed by atoms with van der Waals surface area (Å²) in [4.78, 5) is 0. The fraction of sp³-hybridized carbons (Fsp3) is 0.727. The fourth-order valence-corrected chi connectivity index (χ4v) is 9.95. The summed E-state index contributed by atoms with van der Waals surface area (Å²) >= 11 is 0. The van der Waals surface area contributed by atoms with Crippen molar-refractivity contribution in [1.29, 1.82) is 0 Å². The molecule has 1 aromatic rings. The molecule has 144 valence electrons. The number of aliphatic hydroxyl groups excluding tert-OH is 1. The van der Waals surface area contributed by atoms with Crippen LogP contribution in [0.2, 0.25) is 16.6 Å². The highest BCUT2D eigenvalue weighted by Crippen LogP contribution is 2.42. The van der Waals surface area contributed by atoms with Gasteiger partial charge in [0.2, 0.25) is 0 Å². The molecule has 0 aliphatic heterocycles. The van der Waals surface area contributed by atoms with E-state index in [2.05, 4.69) is 72.7 Å². The van der Waals surface area contributed by atoms with Crippen LogP contribution < -0.4 is 0 Å². The highest BCUT2D eigenvalue weighted by Gasteiger charge is 2.44. The maximum atomic E-state index is 10.5. The molecule has 0 aromatic heterocycles. The minimum Gasteiger partial charge on any atom is -0.416 e. The first kappa shape index (κ1) is 22.4. The van der Waals surface area contributed by atoms with Crippen molar-refractivity contribution in [2.24, 2.45) is 5.92 Å². The van der Waals surface area contributed by atoms with Gasteiger partial charge in [0, 0.05) is 6.61 Å². The van der Waals surface area contributed by atoms with Crippen LogP contribution in [0.1, 0.15) is 66.9 Å². The summed E-state index contributed by atoms with van der Waals surface area (Å²) in [6, 6.07) is 10.4. The molecule has 0 bridgehead atoms. The van der Waals surface area contributed by atoms with Gasteiger partial charge in [0.1, 0.15) is 0 Å². The Balaban J connectivity index is 2.47. The summed E-state index contributed by atoms with van der Waals surface area (Å²) in [5.74, 6) is 0.282. The first-order valence-electron chi connectivity index (χ1n) is 10.1. The van der Waals surface area contributed by atoms with Crippen LogP contribution in [-0.2, 0) is 10.8 Å². The van der Waals surface area contributed by atoms with Crippen LogP contribution in [0.3, 0.4) is 0 Å². The van der Waals surface area contributed by atoms with E-state index in [1.54, 1.807) is 0 Å². The molecule has 0 fully saturated rings. The average molecular weight is 365 g/mol. The van der Waals surface area contributed by atoms with Gasteiger partial charge in [-0.25, -0.2) is 0 Å². The van der Waals surface area contributed by atoms with E-state index < -0.39 is 8.32 Å². The van der Waals surface area contributed by atoms with Crippen LogP contribution in [0.4, 0.5) is 0 Å². The maximum absolute atomic E-state index is 10.5. The largest absolute Gasteiger partial charge is 0.416 e. The molecule has 1 aromatic carbocycles. The zero-order valence-electron chi connectivity index (χ0n) is 17.5. The van der Waals surface area contributed by atoms with Crippen molar-refractivity contribution < 1.29 is 9.53 Å². The highest BCUT2D eigenvalue weighted by atomic mass is 28.4. The molecule has 1 rings (SSSR count). The molecular formula is C22H40O2Si. The lowest BCUT2D eigenvalue weighted by molar-refractivity contribution is 0.0985. The summed E-state index contributed by atoms with van der Waals surface area (Å²) in [7, 11) is -1.77. The van der Waals surface area contributed by atoms with Gasteiger partial charge in [-0.2, -0.15) is 0 Å². The van der Waals surface area contributed by atoms with Crippen molar-refractivity contribution in [3.8, 4) is 0 Å². The second kappa shape index (κ2) is 10.5. The Labute approximate surface area is 157 Å². The van der Waals surface area contributed by atoms with E-state index in [1.807, 2.05) is 6.07 Å². The third kappa shape index (κ3) is 6.23. The number of aliphatic hydroxyl groups is 1. The number of hydrogen-bond donors (Lipinski definition) is 1. The number of hydrogen-bond acceptors (Lipinski definition) is 2. The molecule has 0 spiro atoms. The molecule has 0 amide bonds. The zero-order valence-corrected chi connectivity index (χ0v) is 18.5. The Morgan fingerprint density at radius 2 is 1.40 bits per heavy atom. The van der Waals surface area contributed by atoms with Crippen molar-refractivity contribution in [1.82, 2.24) is 0 Å². The first-order valence-corrected chi connectivity index (χ1v) is 12.2. The zero-order chi connectivity index (χ0) is 19.0. The first-order chi connectivity index (χ1) is 11.7. The third-order valence-electron chi connectivity index (χ3n) is 5.76. The molecule has 3 heteroatoms. The van der Waals surface area contributed by atoms with Crippen LogP contribution in [0.5, 0.6) is 0 Å². The molecule has 2 atom stereocenters. The van der Waals surface area contributed by atoms with Gasteiger partial charge in [-0.05, 0) is 47.4 Å². The molecule has 0 heterocycles. The molecule has 0 radical (unpaired) electrons. The minimum atomic E-state index is -1.77. The standard InChI is InChI=1S/C22H40O2Si/c1-17(2)25(18(3)4,19(5)6)24-15-11-14-22(23)20(7)16-21-12-9-8-10-13-21/h8-10,12-13,17-20,22-23H,11,14-16H2,1-7H3/t20-,22-/m1/s1. The molecule has 25 heavy (non-hydrogen) atoms. The monoisotopic (exact) mass is 364 g/mol. The van der Waals surface area contributed by atoms with E-state index in [0.29, 0.717) is 16.6 Å². The summed E-state index contributed by atoms with van der Waals surface area (Å²) < 4.78 is 6.59. The molecule has 0 aliphatic rings. The van der Waals surface area contributed by atoms with Gasteiger partial charge in [-0.15, -0.1) is 0 Å². The van der Waals surface area contributed by atoms with E-state index in [1.165, 1.54) is 5.56 Å². The smallest absolute Gasteiger partial charge is 0.200 e. The molecule has 0 unspecified atom stereocenters. The quantitative estimate of drug-likeness (QED) is 0.374. The molecule has 0 aliphatic carbocycles. The van der Waals surface area contributed by atoms with Crippen molar-refractivity contribution in [3.05, 3.63) is 35.9 Å². The molecular weight excluding hydrogens is 324 g/mol. The summed E-state index contributed by atoms with van der Waals surface area (Å²) in [5.41, 5.74) is 3.16. The Morgan fingerprint density at radius 1 is 0.880 bits per heavy atom. The SMILES string of the molecule is CC(C)[Si](OCCC[C@@H](O)[C@H](C)Cc1ccccc1)(C(C)C)C(C)C. The second-order valence-corrected chi connectivity index (χ2v) is 14.0. The Kier molecular flexibility index (Phi) is 9.40. The van der Waals surface area contributed by atoms with Crippen molar-refractivity contribution in [2.45, 2.75) is 90.5 Å². The van der Waals surface area contributed by atoms with Crippen molar-refractivity contribution in [3.63, 3.8) is 0 Å². The number of rotatable bonds is 11. The number of benzene rings is 1. The summed E-state index contributed by atoms with van der Waals surface area (Å²) in [5, 5.41) is 10.5. The average Bonchev–Trinajstić information content (AvgIpc) is 2.54. The van der Waals surface area contributed by atoms with E-state index >= 15 is 0 Å². The predicted molar refractivity (Wildman–Crippen MR) is 112 cm³/mol. The van der Waals surface area contributed by atoms with Gasteiger partial charge in [0.15, 0.2) is 8.32 Å². The van der Waals surface area contributed by atoms with Crippen LogP contribution in [0.15, 0.2) is 30.3 Å². The van der Waals surface area contributed by atoms with Crippen molar-refractivity contribution in [2.75, 3.05) is 6.61 Å². The molecule has 0 saturated heterocycles. The molecule has 0 saturated carbocycles. The van der Waals surface area contributed by atoms with Crippen LogP contribution in [0, 0.1) is 5.92 Å². The lowest BCUT2D eigenvalue weighted by Gasteiger charge is -2.42. The fourth-order valence-electron chi connectivity index (χ4n) is 4.45. The van der Waals surface area contributed by atoms with Gasteiger partial charge in [-0.1, -0.05) is 78.8 Å². The molecule has 1 N–H and O–H groups in total. The van der Waals surface area contributed by atoms with E-state index in [9.17, 15) is 5.11 Å². The third-order valence-corrected chi connectivity index (χ3v) is 11.9. The topological polar surface area (TPSA) is 29.5 Å². The van der Waals surface area contributed by atoms with Gasteiger partial charge in [0.25, 0.3) is 0 Å². The lowest BCUT2D eigenvalue weighted by atomic mass is 9.93. The van der Waals surface area contributed by atoms with Gasteiger partial charge in [0.05, 0.1) is 6.10 Å². The maximum Gasteiger partial charge on any atom is 0.200 e. The Morgan fingerprint density at radius 3 is 1.88 bits per heavy atom.